The molecule has 0 amide bonds. The number of alkyl halides is 3. The number of rotatable bonds is 10. The van der Waals surface area contributed by atoms with E-state index in [1.54, 1.807) is 5.01 Å². The summed E-state index contributed by atoms with van der Waals surface area (Å²) in [6, 6.07) is 5.58. The van der Waals surface area contributed by atoms with Crippen molar-refractivity contribution in [3.05, 3.63) is 70.7 Å². The summed E-state index contributed by atoms with van der Waals surface area (Å²) in [5.74, 6) is 0.100. The highest BCUT2D eigenvalue weighted by Gasteiger charge is 2.45. The van der Waals surface area contributed by atoms with Gasteiger partial charge in [-0.05, 0) is 56.3 Å². The van der Waals surface area contributed by atoms with Crippen LogP contribution in [0.15, 0.2) is 54.4 Å². The molecule has 2 aromatic rings. The molecule has 0 saturated carbocycles. The Morgan fingerprint density at radius 1 is 1.30 bits per heavy atom. The molecule has 43 heavy (non-hydrogen) atoms. The Bertz CT molecular complexity index is 1360. The number of nitrogens with two attached hydrogens (primary N) is 2. The van der Waals surface area contributed by atoms with Crippen molar-refractivity contribution in [2.75, 3.05) is 45.8 Å². The highest BCUT2D eigenvalue weighted by Crippen LogP contribution is 2.39. The molecule has 4 heterocycles. The van der Waals surface area contributed by atoms with E-state index in [1.807, 2.05) is 0 Å². The quantitative estimate of drug-likeness (QED) is 0.229. The predicted molar refractivity (Wildman–Crippen MR) is 159 cm³/mol. The van der Waals surface area contributed by atoms with Crippen LogP contribution < -0.4 is 26.9 Å². The number of hydrogen-bond donors (Lipinski definition) is 4. The van der Waals surface area contributed by atoms with Crippen LogP contribution in [0.25, 0.3) is 0 Å². The number of nitrogens with zero attached hydrogens (tertiary/aromatic N) is 4. The molecule has 0 spiro atoms. The Labute approximate surface area is 254 Å². The van der Waals surface area contributed by atoms with Crippen molar-refractivity contribution in [2.24, 2.45) is 11.5 Å². The lowest BCUT2D eigenvalue weighted by atomic mass is 10.00. The molecular weight excluding hydrogens is 585 g/mol. The van der Waals surface area contributed by atoms with E-state index in [2.05, 4.69) is 50.9 Å². The van der Waals surface area contributed by atoms with Gasteiger partial charge in [0, 0.05) is 25.2 Å². The van der Waals surface area contributed by atoms with E-state index in [1.165, 1.54) is 37.1 Å². The predicted octanol–water partition coefficient (Wildman–Crippen LogP) is 3.98. The zero-order valence-corrected chi connectivity index (χ0v) is 25.0. The van der Waals surface area contributed by atoms with Gasteiger partial charge in [0.05, 0.1) is 60.8 Å². The molecule has 0 aliphatic carbocycles. The van der Waals surface area contributed by atoms with E-state index in [0.717, 1.165) is 25.5 Å². The molecule has 3 atom stereocenters. The van der Waals surface area contributed by atoms with Gasteiger partial charge in [0.15, 0.2) is 0 Å². The minimum atomic E-state index is -4.59. The van der Waals surface area contributed by atoms with Crippen molar-refractivity contribution in [1.82, 2.24) is 25.2 Å². The fourth-order valence-corrected chi connectivity index (χ4v) is 6.09. The summed E-state index contributed by atoms with van der Waals surface area (Å²) in [7, 11) is 3.46. The SMILES string of the molecule is COc1ccc(Nc2cnc(CN(CN)NC3(N4C=C([C@@H]5CCCN5C)C=CC4)COC(N)C3)c(Cl)c2)c(C(F)(F)F)c1. The highest BCUT2D eigenvalue weighted by atomic mass is 35.5. The van der Waals surface area contributed by atoms with Crippen molar-refractivity contribution in [3.8, 4) is 5.75 Å². The second-order valence-electron chi connectivity index (χ2n) is 11.1. The molecule has 2 unspecified atom stereocenters. The van der Waals surface area contributed by atoms with E-state index in [4.69, 9.17) is 32.5 Å². The van der Waals surface area contributed by atoms with Gasteiger partial charge in [-0.3, -0.25) is 9.88 Å². The van der Waals surface area contributed by atoms with Gasteiger partial charge >= 0.3 is 6.18 Å². The zero-order chi connectivity index (χ0) is 30.8. The summed E-state index contributed by atoms with van der Waals surface area (Å²) in [5, 5.41) is 4.84. The fraction of sp³-hybridized carbons (Fsp3) is 0.483. The number of ether oxygens (including phenoxy) is 2. The zero-order valence-electron chi connectivity index (χ0n) is 24.2. The number of nitrogens with one attached hydrogen (secondary N) is 2. The van der Waals surface area contributed by atoms with Crippen LogP contribution in [-0.4, -0.2) is 78.2 Å². The molecule has 5 rings (SSSR count). The third kappa shape index (κ3) is 7.09. The number of hydrazine groups is 1. The van der Waals surface area contributed by atoms with Gasteiger partial charge < -0.3 is 31.2 Å². The van der Waals surface area contributed by atoms with E-state index < -0.39 is 23.6 Å². The fourth-order valence-electron chi connectivity index (χ4n) is 5.87. The maximum absolute atomic E-state index is 13.7. The summed E-state index contributed by atoms with van der Waals surface area (Å²) in [6.07, 6.45) is 5.73. The third-order valence-electron chi connectivity index (χ3n) is 8.10. The van der Waals surface area contributed by atoms with Gasteiger partial charge in [0.1, 0.15) is 17.6 Å². The van der Waals surface area contributed by atoms with Crippen molar-refractivity contribution in [2.45, 2.75) is 49.9 Å². The average Bonchev–Trinajstić information content (AvgIpc) is 3.59. The van der Waals surface area contributed by atoms with E-state index in [9.17, 15) is 13.2 Å². The lowest BCUT2D eigenvalue weighted by molar-refractivity contribution is -0.137. The van der Waals surface area contributed by atoms with Crippen molar-refractivity contribution < 1.29 is 22.6 Å². The van der Waals surface area contributed by atoms with Crippen LogP contribution in [0.5, 0.6) is 5.75 Å². The Kier molecular flexibility index (Phi) is 9.52. The second kappa shape index (κ2) is 13.0. The second-order valence-corrected chi connectivity index (χ2v) is 11.5. The molecule has 14 heteroatoms. The van der Waals surface area contributed by atoms with Crippen LogP contribution in [0, 0.1) is 0 Å². The summed E-state index contributed by atoms with van der Waals surface area (Å²) < 4.78 is 51.8. The van der Waals surface area contributed by atoms with Crippen molar-refractivity contribution in [1.29, 1.82) is 0 Å². The molecule has 0 radical (unpaired) electrons. The molecule has 6 N–H and O–H groups in total. The largest absolute Gasteiger partial charge is 0.497 e. The standard InChI is InChI=1S/C29H38ClF3N8O2/c1-39-9-4-6-26(39)19-5-3-10-40(15-19)28(13-27(35)43-17-28)38-41(18-34)16-25-23(30)11-20(14-36-25)37-24-8-7-21(42-2)12-22(24)29(31,32)33/h3,5,7-8,11-12,14-15,26-27,37-38H,4,6,9-10,13,16-18,34-35H2,1-2H3/t26-,27?,28?/m0/s1. The monoisotopic (exact) mass is 622 g/mol. The molecule has 2 saturated heterocycles. The summed E-state index contributed by atoms with van der Waals surface area (Å²) >= 11 is 6.58. The Morgan fingerprint density at radius 3 is 2.74 bits per heavy atom. The van der Waals surface area contributed by atoms with Crippen LogP contribution in [0.3, 0.4) is 0 Å². The number of methoxy groups -OCH3 is 1. The molecular formula is C29H38ClF3N8O2. The minimum absolute atomic E-state index is 0.100. The summed E-state index contributed by atoms with van der Waals surface area (Å²) in [5.41, 5.74) is 16.3. The third-order valence-corrected chi connectivity index (χ3v) is 8.43. The first-order valence-electron chi connectivity index (χ1n) is 14.1. The molecule has 0 bridgehead atoms. The van der Waals surface area contributed by atoms with Gasteiger partial charge in [0.2, 0.25) is 0 Å². The van der Waals surface area contributed by atoms with Gasteiger partial charge in [0.25, 0.3) is 0 Å². The molecule has 3 aliphatic heterocycles. The number of halogens is 4. The average molecular weight is 623 g/mol. The number of likely N-dealkylation sites (N-methyl/N-ethyl adjacent to an activating group) is 1. The molecule has 3 aliphatic rings. The Morgan fingerprint density at radius 2 is 2.12 bits per heavy atom. The number of anilines is 2. The van der Waals surface area contributed by atoms with Crippen molar-refractivity contribution in [3.63, 3.8) is 0 Å². The number of hydrogen-bond acceptors (Lipinski definition) is 10. The summed E-state index contributed by atoms with van der Waals surface area (Å²) in [6.45, 7) is 2.44. The van der Waals surface area contributed by atoms with Gasteiger partial charge in [-0.2, -0.15) is 13.2 Å². The maximum Gasteiger partial charge on any atom is 0.418 e. The first-order chi connectivity index (χ1) is 20.5. The lowest BCUT2D eigenvalue weighted by Crippen LogP contribution is -2.64. The Hall–Kier alpha value is -2.91. The number of aromatic nitrogens is 1. The van der Waals surface area contributed by atoms with E-state index in [0.29, 0.717) is 37.0 Å². The summed E-state index contributed by atoms with van der Waals surface area (Å²) in [4.78, 5) is 9.04. The maximum atomic E-state index is 13.7. The minimum Gasteiger partial charge on any atom is -0.497 e. The topological polar surface area (TPSA) is 117 Å². The normalized spacial score (nSPS) is 24.6. The van der Waals surface area contributed by atoms with Crippen LogP contribution in [0.2, 0.25) is 5.02 Å². The molecule has 2 fully saturated rings. The first-order valence-corrected chi connectivity index (χ1v) is 14.5. The molecule has 10 nitrogen and oxygen atoms in total. The molecule has 234 valence electrons. The van der Waals surface area contributed by atoms with Crippen molar-refractivity contribution >= 4 is 23.0 Å². The van der Waals surface area contributed by atoms with Gasteiger partial charge in [-0.1, -0.05) is 23.8 Å². The number of pyridine rings is 1. The smallest absolute Gasteiger partial charge is 0.418 e. The molecule has 1 aromatic heterocycles. The van der Waals surface area contributed by atoms with Gasteiger partial charge in [-0.25, -0.2) is 10.4 Å². The number of benzene rings is 1. The lowest BCUT2D eigenvalue weighted by Gasteiger charge is -2.44. The highest BCUT2D eigenvalue weighted by molar-refractivity contribution is 6.31. The van der Waals surface area contributed by atoms with E-state index in [-0.39, 0.29) is 29.7 Å². The van der Waals surface area contributed by atoms with Crippen LogP contribution in [-0.2, 0) is 17.5 Å². The van der Waals surface area contributed by atoms with Crippen LogP contribution >= 0.6 is 11.6 Å². The Balaban J connectivity index is 1.32. The van der Waals surface area contributed by atoms with E-state index >= 15 is 0 Å². The van der Waals surface area contributed by atoms with Gasteiger partial charge in [-0.15, -0.1) is 0 Å². The first kappa shape index (κ1) is 31.5. The number of likely N-dealkylation sites (tertiary alicyclic amines) is 1. The van der Waals surface area contributed by atoms with Crippen LogP contribution in [0.4, 0.5) is 24.5 Å². The molecule has 1 aromatic carbocycles. The van der Waals surface area contributed by atoms with Crippen LogP contribution in [0.1, 0.15) is 30.5 Å².